The summed E-state index contributed by atoms with van der Waals surface area (Å²) in [7, 11) is 0. The molecule has 0 aliphatic rings. The van der Waals surface area contributed by atoms with Crippen molar-refractivity contribution in [3.63, 3.8) is 0 Å². The fourth-order valence-electron chi connectivity index (χ4n) is 1.97. The van der Waals surface area contributed by atoms with Gasteiger partial charge in [-0.3, -0.25) is 4.79 Å². The number of nitrogens with one attached hydrogen (secondary N) is 1. The molecule has 2 aromatic carbocycles. The first-order valence-electron chi connectivity index (χ1n) is 6.33. The summed E-state index contributed by atoms with van der Waals surface area (Å²) in [6.45, 7) is 3.37. The monoisotopic (exact) mass is 273 g/mol. The highest BCUT2D eigenvalue weighted by Gasteiger charge is 2.14. The second-order valence-electron chi connectivity index (χ2n) is 4.70. The Kier molecular flexibility index (Phi) is 4.15. The summed E-state index contributed by atoms with van der Waals surface area (Å²) in [5, 5.41) is 12.3. The Bertz CT molecular complexity index is 638. The van der Waals surface area contributed by atoms with Crippen LogP contribution in [0.5, 0.6) is 0 Å². The van der Waals surface area contributed by atoms with Crippen molar-refractivity contribution in [1.82, 2.24) is 0 Å². The van der Waals surface area contributed by atoms with Crippen LogP contribution in [0.15, 0.2) is 42.5 Å². The van der Waals surface area contributed by atoms with E-state index in [9.17, 15) is 14.3 Å². The van der Waals surface area contributed by atoms with Crippen molar-refractivity contribution in [1.29, 1.82) is 0 Å². The Hall–Kier alpha value is -2.20. The van der Waals surface area contributed by atoms with Crippen LogP contribution in [-0.2, 0) is 0 Å². The molecule has 2 rings (SSSR count). The Morgan fingerprint density at radius 1 is 1.25 bits per heavy atom. The molecule has 0 spiro atoms. The smallest absolute Gasteiger partial charge is 0.258 e. The number of rotatable bonds is 3. The summed E-state index contributed by atoms with van der Waals surface area (Å²) in [6.07, 6.45) is -0.714. The number of aryl methyl sites for hydroxylation is 1. The van der Waals surface area contributed by atoms with Crippen LogP contribution in [0.4, 0.5) is 10.1 Å². The summed E-state index contributed by atoms with van der Waals surface area (Å²) in [5.74, 6) is -1.09. The van der Waals surface area contributed by atoms with Crippen molar-refractivity contribution in [2.45, 2.75) is 20.0 Å². The number of benzene rings is 2. The fraction of sp³-hybridized carbons (Fsp3) is 0.188. The molecule has 3 nitrogen and oxygen atoms in total. The molecule has 4 heteroatoms. The van der Waals surface area contributed by atoms with Crippen molar-refractivity contribution in [3.8, 4) is 0 Å². The number of aliphatic hydroxyl groups is 1. The minimum Gasteiger partial charge on any atom is -0.389 e. The van der Waals surface area contributed by atoms with Gasteiger partial charge in [0.15, 0.2) is 0 Å². The number of halogens is 1. The molecule has 1 atom stereocenters. The number of amides is 1. The van der Waals surface area contributed by atoms with Gasteiger partial charge in [0.2, 0.25) is 0 Å². The summed E-state index contributed by atoms with van der Waals surface area (Å²) in [5.41, 5.74) is 1.81. The van der Waals surface area contributed by atoms with E-state index in [2.05, 4.69) is 5.32 Å². The van der Waals surface area contributed by atoms with Crippen LogP contribution in [0.3, 0.4) is 0 Å². The minimum atomic E-state index is -0.714. The first kappa shape index (κ1) is 14.2. The van der Waals surface area contributed by atoms with Gasteiger partial charge in [0, 0.05) is 11.3 Å². The van der Waals surface area contributed by atoms with Crippen LogP contribution in [0.1, 0.15) is 34.5 Å². The third kappa shape index (κ3) is 3.03. The first-order chi connectivity index (χ1) is 9.49. The number of carbonyl (C=O) groups is 1. The van der Waals surface area contributed by atoms with Crippen LogP contribution < -0.4 is 5.32 Å². The number of hydrogen-bond donors (Lipinski definition) is 2. The van der Waals surface area contributed by atoms with E-state index in [0.717, 1.165) is 5.56 Å². The highest BCUT2D eigenvalue weighted by molar-refractivity contribution is 6.04. The van der Waals surface area contributed by atoms with Crippen LogP contribution in [0.25, 0.3) is 0 Å². The van der Waals surface area contributed by atoms with Crippen molar-refractivity contribution < 1.29 is 14.3 Å². The van der Waals surface area contributed by atoms with Gasteiger partial charge in [0.1, 0.15) is 5.82 Å². The lowest BCUT2D eigenvalue weighted by Crippen LogP contribution is -2.15. The van der Waals surface area contributed by atoms with Gasteiger partial charge >= 0.3 is 0 Å². The van der Waals surface area contributed by atoms with E-state index in [4.69, 9.17) is 0 Å². The number of para-hydroxylation sites is 1. The van der Waals surface area contributed by atoms with Crippen LogP contribution in [0, 0.1) is 12.7 Å². The van der Waals surface area contributed by atoms with E-state index in [0.29, 0.717) is 11.3 Å². The van der Waals surface area contributed by atoms with Gasteiger partial charge in [-0.05, 0) is 37.6 Å². The number of hydrogen-bond acceptors (Lipinski definition) is 2. The molecule has 0 saturated heterocycles. The van der Waals surface area contributed by atoms with Crippen LogP contribution in [0.2, 0.25) is 0 Å². The van der Waals surface area contributed by atoms with Gasteiger partial charge in [-0.25, -0.2) is 4.39 Å². The zero-order chi connectivity index (χ0) is 14.7. The molecule has 0 aromatic heterocycles. The topological polar surface area (TPSA) is 49.3 Å². The summed E-state index contributed by atoms with van der Waals surface area (Å²) in [6, 6.07) is 11.3. The van der Waals surface area contributed by atoms with Gasteiger partial charge in [-0.2, -0.15) is 0 Å². The quantitative estimate of drug-likeness (QED) is 0.900. The lowest BCUT2D eigenvalue weighted by atomic mass is 10.1. The molecule has 0 saturated carbocycles. The van der Waals surface area contributed by atoms with E-state index in [1.807, 2.05) is 0 Å². The largest absolute Gasteiger partial charge is 0.389 e. The molecule has 0 fully saturated rings. The van der Waals surface area contributed by atoms with E-state index in [1.165, 1.54) is 12.1 Å². The molecular formula is C16H16FNO2. The van der Waals surface area contributed by atoms with E-state index in [1.54, 1.807) is 44.2 Å². The molecule has 0 heterocycles. The highest BCUT2D eigenvalue weighted by Crippen LogP contribution is 2.23. The molecule has 20 heavy (non-hydrogen) atoms. The lowest BCUT2D eigenvalue weighted by molar-refractivity contribution is 0.102. The Morgan fingerprint density at radius 3 is 2.60 bits per heavy atom. The van der Waals surface area contributed by atoms with E-state index >= 15 is 0 Å². The molecule has 104 valence electrons. The second-order valence-corrected chi connectivity index (χ2v) is 4.70. The fourth-order valence-corrected chi connectivity index (χ4v) is 1.97. The zero-order valence-corrected chi connectivity index (χ0v) is 11.4. The summed E-state index contributed by atoms with van der Waals surface area (Å²) >= 11 is 0. The predicted octanol–water partition coefficient (Wildman–Crippen LogP) is 3.44. The number of carbonyl (C=O) groups excluding carboxylic acids is 1. The average molecular weight is 273 g/mol. The third-order valence-corrected chi connectivity index (χ3v) is 3.03. The maximum atomic E-state index is 13.8. The SMILES string of the molecule is Cc1ccc(C(=O)Nc2ccccc2C(C)O)c(F)c1. The van der Waals surface area contributed by atoms with Crippen LogP contribution in [-0.4, -0.2) is 11.0 Å². The Labute approximate surface area is 117 Å². The molecular weight excluding hydrogens is 257 g/mol. The molecule has 2 N–H and O–H groups in total. The second kappa shape index (κ2) is 5.84. The predicted molar refractivity (Wildman–Crippen MR) is 76.2 cm³/mol. The standard InChI is InChI=1S/C16H16FNO2/c1-10-7-8-13(14(17)9-10)16(20)18-15-6-4-3-5-12(15)11(2)19/h3-9,11,19H,1-2H3,(H,18,20). The maximum Gasteiger partial charge on any atom is 0.258 e. The molecule has 1 amide bonds. The van der Waals surface area contributed by atoms with E-state index in [-0.39, 0.29) is 5.56 Å². The van der Waals surface area contributed by atoms with Gasteiger partial charge in [0.05, 0.1) is 11.7 Å². The summed E-state index contributed by atoms with van der Waals surface area (Å²) < 4.78 is 13.8. The van der Waals surface area contributed by atoms with E-state index < -0.39 is 17.8 Å². The van der Waals surface area contributed by atoms with Crippen molar-refractivity contribution in [2.24, 2.45) is 0 Å². The Balaban J connectivity index is 2.28. The molecule has 0 radical (unpaired) electrons. The van der Waals surface area contributed by atoms with Crippen molar-refractivity contribution in [3.05, 3.63) is 65.0 Å². The molecule has 1 unspecified atom stereocenters. The van der Waals surface area contributed by atoms with Crippen molar-refractivity contribution in [2.75, 3.05) is 5.32 Å². The molecule has 0 aliphatic heterocycles. The molecule has 2 aromatic rings. The van der Waals surface area contributed by atoms with Gasteiger partial charge in [-0.1, -0.05) is 24.3 Å². The number of aliphatic hydroxyl groups excluding tert-OH is 1. The minimum absolute atomic E-state index is 0.0176. The van der Waals surface area contributed by atoms with Gasteiger partial charge < -0.3 is 10.4 Å². The van der Waals surface area contributed by atoms with Crippen LogP contribution >= 0.6 is 0 Å². The van der Waals surface area contributed by atoms with Gasteiger partial charge in [0.25, 0.3) is 5.91 Å². The van der Waals surface area contributed by atoms with Crippen molar-refractivity contribution >= 4 is 11.6 Å². The molecule has 0 aliphatic carbocycles. The first-order valence-corrected chi connectivity index (χ1v) is 6.33. The lowest BCUT2D eigenvalue weighted by Gasteiger charge is -2.13. The average Bonchev–Trinajstić information content (AvgIpc) is 2.38. The Morgan fingerprint density at radius 2 is 1.95 bits per heavy atom. The summed E-state index contributed by atoms with van der Waals surface area (Å²) in [4.78, 5) is 12.1. The van der Waals surface area contributed by atoms with Gasteiger partial charge in [-0.15, -0.1) is 0 Å². The number of anilines is 1. The molecule has 0 bridgehead atoms. The maximum absolute atomic E-state index is 13.8. The highest BCUT2D eigenvalue weighted by atomic mass is 19.1. The zero-order valence-electron chi connectivity index (χ0n) is 11.4. The third-order valence-electron chi connectivity index (χ3n) is 3.03. The normalized spacial score (nSPS) is 12.0.